The van der Waals surface area contributed by atoms with Crippen molar-refractivity contribution in [3.8, 4) is 28.1 Å². The van der Waals surface area contributed by atoms with E-state index in [4.69, 9.17) is 14.5 Å². The molecule has 4 N–H and O–H groups in total. The number of carbonyl (C=O) groups excluding carboxylic acids is 4. The van der Waals surface area contributed by atoms with Gasteiger partial charge in [0, 0.05) is 79.9 Å². The molecule has 8 rings (SSSR count). The van der Waals surface area contributed by atoms with E-state index >= 15 is 0 Å². The number of hydrogen-bond donors (Lipinski definition) is 4. The third-order valence-electron chi connectivity index (χ3n) is 13.3. The maximum absolute atomic E-state index is 14.7. The number of aryl methyl sites for hydroxylation is 1. The Kier molecular flexibility index (Phi) is 13.4. The van der Waals surface area contributed by atoms with Gasteiger partial charge in [-0.15, -0.1) is 0 Å². The Bertz CT molecular complexity index is 2640. The van der Waals surface area contributed by atoms with Crippen LogP contribution in [0.15, 0.2) is 79.0 Å². The lowest BCUT2D eigenvalue weighted by Gasteiger charge is -2.36. The van der Waals surface area contributed by atoms with Crippen LogP contribution >= 0.6 is 0 Å². The van der Waals surface area contributed by atoms with E-state index in [1.54, 1.807) is 44.6 Å². The van der Waals surface area contributed by atoms with E-state index in [-0.39, 0.29) is 36.7 Å². The second kappa shape index (κ2) is 19.0. The Morgan fingerprint density at radius 3 is 2.48 bits per heavy atom. The van der Waals surface area contributed by atoms with Crippen LogP contribution in [0.3, 0.4) is 0 Å². The van der Waals surface area contributed by atoms with Gasteiger partial charge in [0.1, 0.15) is 23.9 Å². The highest BCUT2D eigenvalue weighted by atomic mass is 16.5. The van der Waals surface area contributed by atoms with Crippen molar-refractivity contribution in [3.63, 3.8) is 0 Å². The van der Waals surface area contributed by atoms with Gasteiger partial charge in [-0.25, -0.2) is 5.43 Å². The molecule has 0 spiro atoms. The van der Waals surface area contributed by atoms with E-state index < -0.39 is 41.3 Å². The minimum Gasteiger partial charge on any atom is -0.508 e. The van der Waals surface area contributed by atoms with Gasteiger partial charge >= 0.3 is 5.97 Å². The van der Waals surface area contributed by atoms with E-state index in [1.165, 1.54) is 9.91 Å². The number of hydrazine groups is 1. The highest BCUT2D eigenvalue weighted by Crippen LogP contribution is 2.42. The van der Waals surface area contributed by atoms with Crippen LogP contribution in [-0.4, -0.2) is 100 Å². The third kappa shape index (κ3) is 9.58. The molecule has 5 heterocycles. The van der Waals surface area contributed by atoms with Gasteiger partial charge in [-0.2, -0.15) is 0 Å². The highest BCUT2D eigenvalue weighted by Gasteiger charge is 2.38. The van der Waals surface area contributed by atoms with Crippen LogP contribution < -0.4 is 16.1 Å². The van der Waals surface area contributed by atoms with E-state index in [1.807, 2.05) is 51.1 Å². The Labute approximate surface area is 387 Å². The molecule has 3 amide bonds. The summed E-state index contributed by atoms with van der Waals surface area (Å²) < 4.78 is 14.2. The van der Waals surface area contributed by atoms with Gasteiger partial charge in [0.15, 0.2) is 0 Å². The van der Waals surface area contributed by atoms with Crippen LogP contribution in [0.4, 0.5) is 0 Å². The van der Waals surface area contributed by atoms with Gasteiger partial charge in [0.05, 0.1) is 24.1 Å². The molecule has 14 heteroatoms. The number of phenolic OH excluding ortho intramolecular Hbond substituents is 1. The summed E-state index contributed by atoms with van der Waals surface area (Å²) in [6, 6.07) is 20.4. The summed E-state index contributed by atoms with van der Waals surface area (Å²) in [6.07, 6.45) is 3.04. The minimum absolute atomic E-state index is 0.00374. The molecule has 0 saturated carbocycles. The van der Waals surface area contributed by atoms with Crippen molar-refractivity contribution < 1.29 is 33.8 Å². The Hall–Kier alpha value is -6.09. The fourth-order valence-corrected chi connectivity index (χ4v) is 9.73. The molecule has 3 aliphatic heterocycles. The molecule has 2 saturated heterocycles. The lowest BCUT2D eigenvalue weighted by molar-refractivity contribution is -0.155. The van der Waals surface area contributed by atoms with Gasteiger partial charge < -0.3 is 34.7 Å². The molecule has 0 unspecified atom stereocenters. The molecule has 3 aliphatic rings. The topological polar surface area (TPSA) is 177 Å². The first-order chi connectivity index (χ1) is 31.6. The van der Waals surface area contributed by atoms with Crippen molar-refractivity contribution in [1.29, 1.82) is 0 Å². The molecular weight excluding hydrogens is 835 g/mol. The zero-order valence-electron chi connectivity index (χ0n) is 39.3. The number of nitrogens with zero attached hydrogens (tertiary/aromatic N) is 4. The number of methoxy groups -OCH3 is 1. The predicted octanol–water partition coefficient (Wildman–Crippen LogP) is 6.89. The van der Waals surface area contributed by atoms with Crippen molar-refractivity contribution >= 4 is 34.6 Å². The van der Waals surface area contributed by atoms with E-state index in [2.05, 4.69) is 59.6 Å². The molecule has 348 valence electrons. The second-order valence-electron chi connectivity index (χ2n) is 19.2. The lowest BCUT2D eigenvalue weighted by atomic mass is 9.84. The SMILES string of the molecule is CCn1c(-c2cccnc2[C@H](C)OC)c2c3cc(ccc31)-c1cc(O)cc(c1)C[C@H](NC(=O)[C@H](C(C)C)N(C)C(=O)c1ccc([C@@H]3CN3)cc1)C(=O)N1CCC[C@H](N1)C(=O)OCC(C)(C)C2. The first kappa shape index (κ1) is 46.4. The number of ether oxygens (including phenoxy) is 2. The summed E-state index contributed by atoms with van der Waals surface area (Å²) in [7, 11) is 3.28. The number of carbonyl (C=O) groups is 4. The number of phenols is 1. The van der Waals surface area contributed by atoms with E-state index in [9.17, 15) is 24.3 Å². The Morgan fingerprint density at radius 2 is 1.79 bits per heavy atom. The van der Waals surface area contributed by atoms with Crippen molar-refractivity contribution in [2.75, 3.05) is 33.9 Å². The Morgan fingerprint density at radius 1 is 1.03 bits per heavy atom. The quantitative estimate of drug-likeness (QED) is 0.0853. The fourth-order valence-electron chi connectivity index (χ4n) is 9.73. The predicted molar refractivity (Wildman–Crippen MR) is 253 cm³/mol. The van der Waals surface area contributed by atoms with Crippen LogP contribution in [0.5, 0.6) is 5.75 Å². The van der Waals surface area contributed by atoms with E-state index in [0.717, 1.165) is 56.7 Å². The highest BCUT2D eigenvalue weighted by molar-refractivity contribution is 5.99. The number of benzene rings is 3. The molecule has 5 aromatic rings. The number of amides is 3. The largest absolute Gasteiger partial charge is 0.508 e. The summed E-state index contributed by atoms with van der Waals surface area (Å²) in [5.41, 5.74) is 11.2. The number of aromatic nitrogens is 2. The molecule has 2 aromatic heterocycles. The minimum atomic E-state index is -1.14. The maximum Gasteiger partial charge on any atom is 0.324 e. The maximum atomic E-state index is 14.7. The number of nitrogens with one attached hydrogen (secondary N) is 3. The standard InChI is InChI=1S/C52H63N7O7/c1-9-58-44-19-18-35-26-39(44)40(47(58)38-12-10-20-53-45(38)31(4)65-8)27-52(5,6)29-66-51(64)41-13-11-21-59(56-41)50(63)42(24-32-22-36(35)25-37(60)23-32)55-48(61)46(30(2)3)57(7)49(62)34-16-14-33(15-17-34)43-28-54-43/h10,12,14-20,22-23,25-26,30-31,41-43,46,54,56,60H,9,11,13,21,24,27-29H2,1-8H3,(H,55,61)/t31-,41-,42-,43-,46-/m0/s1. The van der Waals surface area contributed by atoms with Gasteiger partial charge in [-0.05, 0) is 115 Å². The Balaban J connectivity index is 1.20. The van der Waals surface area contributed by atoms with E-state index in [0.29, 0.717) is 49.5 Å². The number of hydrogen-bond acceptors (Lipinski definition) is 10. The molecule has 14 nitrogen and oxygen atoms in total. The normalized spacial score (nSPS) is 20.6. The van der Waals surface area contributed by atoms with Crippen molar-refractivity contribution in [3.05, 3.63) is 107 Å². The van der Waals surface area contributed by atoms with Gasteiger partial charge in [0.25, 0.3) is 11.8 Å². The molecule has 0 aliphatic carbocycles. The molecule has 2 fully saturated rings. The van der Waals surface area contributed by atoms with Crippen LogP contribution in [0, 0.1) is 11.3 Å². The van der Waals surface area contributed by atoms with Crippen molar-refractivity contribution in [2.24, 2.45) is 11.3 Å². The summed E-state index contributed by atoms with van der Waals surface area (Å²) >= 11 is 0. The fraction of sp³-hybridized carbons (Fsp3) is 0.442. The molecule has 5 atom stereocenters. The molecule has 0 radical (unpaired) electrons. The van der Waals surface area contributed by atoms with Gasteiger partial charge in [0.2, 0.25) is 5.91 Å². The smallest absolute Gasteiger partial charge is 0.324 e. The first-order valence-electron chi connectivity index (χ1n) is 23.2. The summed E-state index contributed by atoms with van der Waals surface area (Å²) in [5, 5.41) is 20.0. The average Bonchev–Trinajstić information content (AvgIpc) is 4.12. The molecule has 6 bridgehead atoms. The number of rotatable bonds is 10. The number of likely N-dealkylation sites (N-methyl/N-ethyl adjacent to an activating group) is 1. The van der Waals surface area contributed by atoms with Crippen molar-refractivity contribution in [2.45, 2.75) is 104 Å². The zero-order valence-corrected chi connectivity index (χ0v) is 39.3. The number of esters is 1. The number of cyclic esters (lactones) is 1. The lowest BCUT2D eigenvalue weighted by Crippen LogP contribution is -2.62. The van der Waals surface area contributed by atoms with Crippen LogP contribution in [0.1, 0.15) is 99.3 Å². The van der Waals surface area contributed by atoms with Crippen LogP contribution in [-0.2, 0) is 43.2 Å². The third-order valence-corrected chi connectivity index (χ3v) is 13.3. The monoisotopic (exact) mass is 897 g/mol. The zero-order chi connectivity index (χ0) is 47.0. The van der Waals surface area contributed by atoms with Crippen molar-refractivity contribution in [1.82, 2.24) is 35.5 Å². The van der Waals surface area contributed by atoms with Crippen LogP contribution in [0.25, 0.3) is 33.3 Å². The number of fused-ring (bicyclic) bond motifs is 6. The molecular formula is C52H63N7O7. The van der Waals surface area contributed by atoms with Gasteiger partial charge in [-0.1, -0.05) is 52.0 Å². The van der Waals surface area contributed by atoms with Crippen LogP contribution in [0.2, 0.25) is 0 Å². The van der Waals surface area contributed by atoms with Gasteiger partial charge in [-0.3, -0.25) is 29.2 Å². The summed E-state index contributed by atoms with van der Waals surface area (Å²) in [4.78, 5) is 63.3. The summed E-state index contributed by atoms with van der Waals surface area (Å²) in [6.45, 7) is 14.0. The molecule has 66 heavy (non-hydrogen) atoms. The number of aromatic hydroxyl groups is 1. The number of pyridine rings is 1. The average molecular weight is 898 g/mol. The second-order valence-corrected chi connectivity index (χ2v) is 19.2. The molecule has 3 aromatic carbocycles. The first-order valence-corrected chi connectivity index (χ1v) is 23.2. The summed E-state index contributed by atoms with van der Waals surface area (Å²) in [5.74, 6) is -2.05.